The minimum atomic E-state index is -1.15. The van der Waals surface area contributed by atoms with Crippen LogP contribution < -0.4 is 11.5 Å². The molecule has 57 heavy (non-hydrogen) atoms. The van der Waals surface area contributed by atoms with Crippen molar-refractivity contribution in [2.75, 3.05) is 11.5 Å². The first-order chi connectivity index (χ1) is 27.5. The van der Waals surface area contributed by atoms with Crippen LogP contribution in [0.3, 0.4) is 0 Å². The zero-order valence-corrected chi connectivity index (χ0v) is 32.1. The zero-order valence-electron chi connectivity index (χ0n) is 30.6. The molecule has 9 heterocycles. The van der Waals surface area contributed by atoms with E-state index in [1.807, 2.05) is 61.0 Å². The Morgan fingerprint density at radius 2 is 1.16 bits per heavy atom. The number of hydrogen-bond donors (Lipinski definition) is 4. The average molecular weight is 818 g/mol. The number of benzene rings is 2. The Morgan fingerprint density at radius 1 is 0.649 bits per heavy atom. The lowest BCUT2D eigenvalue weighted by atomic mass is 9.97. The van der Waals surface area contributed by atoms with Gasteiger partial charge in [0.1, 0.15) is 84.4 Å². The van der Waals surface area contributed by atoms with E-state index in [4.69, 9.17) is 63.1 Å². The van der Waals surface area contributed by atoms with Crippen LogP contribution in [0.2, 0.25) is 10.0 Å². The largest absolute Gasteiger partial charge is 0.387 e. The van der Waals surface area contributed by atoms with Gasteiger partial charge in [-0.3, -0.25) is 0 Å². The molecule has 3 saturated heterocycles. The first-order valence-electron chi connectivity index (χ1n) is 18.4. The maximum Gasteiger partial charge on any atom is 0.164 e. The SMILES string of the molecule is CC1(C)O[C@H]2[C@@H](O1)[C@H](n1ccc3c(N)ncnc31)O[C@@H]2[C@H]1OCc2cc(Cl)ccc21.Nc1ncnc2c1ccn2[C@@H]1O[C@H]([C@H]2OCc3cc(Cl)ccc32)[C@@H](O)[C@H]1O. The number of aliphatic hydroxyl groups excluding tert-OH is 2. The predicted molar refractivity (Wildman–Crippen MR) is 206 cm³/mol. The van der Waals surface area contributed by atoms with Gasteiger partial charge in [-0.05, 0) is 72.5 Å². The molecular weight excluding hydrogens is 779 g/mol. The maximum absolute atomic E-state index is 10.6. The van der Waals surface area contributed by atoms with Crippen LogP contribution in [0, 0.1) is 0 Å². The number of aromatic nitrogens is 6. The molecule has 0 amide bonds. The highest BCUT2D eigenvalue weighted by molar-refractivity contribution is 6.31. The Kier molecular flexibility index (Phi) is 8.95. The molecule has 0 aliphatic carbocycles. The van der Waals surface area contributed by atoms with Gasteiger partial charge in [-0.25, -0.2) is 19.9 Å². The van der Waals surface area contributed by atoms with Gasteiger partial charge in [0.2, 0.25) is 0 Å². The Morgan fingerprint density at radius 3 is 1.74 bits per heavy atom. The van der Waals surface area contributed by atoms with Crippen LogP contribution in [-0.2, 0) is 41.6 Å². The highest BCUT2D eigenvalue weighted by Crippen LogP contribution is 2.50. The van der Waals surface area contributed by atoms with Gasteiger partial charge < -0.3 is 59.2 Å². The number of rotatable bonds is 4. The molecule has 16 nitrogen and oxygen atoms in total. The van der Waals surface area contributed by atoms with E-state index < -0.39 is 42.7 Å². The number of fused-ring (bicyclic) bond motifs is 5. The molecule has 2 aromatic carbocycles. The number of anilines is 2. The van der Waals surface area contributed by atoms with Gasteiger partial charge in [0.15, 0.2) is 18.2 Å². The van der Waals surface area contributed by atoms with E-state index in [1.54, 1.807) is 22.9 Å². The lowest BCUT2D eigenvalue weighted by Crippen LogP contribution is -2.34. The van der Waals surface area contributed by atoms with Crippen molar-refractivity contribution in [3.63, 3.8) is 0 Å². The molecule has 0 spiro atoms. The quantitative estimate of drug-likeness (QED) is 0.186. The lowest BCUT2D eigenvalue weighted by Gasteiger charge is -2.27. The molecule has 0 bridgehead atoms. The van der Waals surface area contributed by atoms with Crippen LogP contribution in [0.5, 0.6) is 0 Å². The number of hydrogen-bond acceptors (Lipinski definition) is 14. The summed E-state index contributed by atoms with van der Waals surface area (Å²) < 4.78 is 40.7. The van der Waals surface area contributed by atoms with Crippen molar-refractivity contribution in [2.45, 2.75) is 94.1 Å². The van der Waals surface area contributed by atoms with Crippen molar-refractivity contribution in [1.82, 2.24) is 29.1 Å². The van der Waals surface area contributed by atoms with E-state index in [9.17, 15) is 10.2 Å². The molecular formula is C39H38Cl2N8O8. The van der Waals surface area contributed by atoms with Crippen LogP contribution in [0.4, 0.5) is 11.6 Å². The molecule has 4 aromatic heterocycles. The van der Waals surface area contributed by atoms with Crippen LogP contribution in [0.25, 0.3) is 22.1 Å². The fourth-order valence-electron chi connectivity index (χ4n) is 8.67. The summed E-state index contributed by atoms with van der Waals surface area (Å²) in [5.41, 5.74) is 17.1. The van der Waals surface area contributed by atoms with Crippen LogP contribution in [0.15, 0.2) is 73.6 Å². The topological polar surface area (TPSA) is 209 Å². The second-order valence-corrected chi connectivity index (χ2v) is 16.0. The van der Waals surface area contributed by atoms with Crippen molar-refractivity contribution < 1.29 is 38.6 Å². The zero-order chi connectivity index (χ0) is 39.3. The molecule has 10 atom stereocenters. The van der Waals surface area contributed by atoms with Crippen LogP contribution >= 0.6 is 23.2 Å². The summed E-state index contributed by atoms with van der Waals surface area (Å²) >= 11 is 12.2. The minimum Gasteiger partial charge on any atom is -0.387 e. The monoisotopic (exact) mass is 816 g/mol. The normalized spacial score (nSPS) is 31.1. The molecule has 5 aliphatic rings. The van der Waals surface area contributed by atoms with E-state index in [0.29, 0.717) is 51.6 Å². The molecule has 11 rings (SSSR count). The summed E-state index contributed by atoms with van der Waals surface area (Å²) in [5.74, 6) is 0.0422. The van der Waals surface area contributed by atoms with Crippen molar-refractivity contribution in [3.05, 3.63) is 106 Å². The molecule has 18 heteroatoms. The van der Waals surface area contributed by atoms with Crippen molar-refractivity contribution in [2.24, 2.45) is 0 Å². The van der Waals surface area contributed by atoms with E-state index in [0.717, 1.165) is 27.6 Å². The second-order valence-electron chi connectivity index (χ2n) is 15.1. The smallest absolute Gasteiger partial charge is 0.164 e. The molecule has 6 N–H and O–H groups in total. The van der Waals surface area contributed by atoms with E-state index >= 15 is 0 Å². The van der Waals surface area contributed by atoms with Gasteiger partial charge in [-0.2, -0.15) is 0 Å². The maximum atomic E-state index is 10.6. The third-order valence-corrected chi connectivity index (χ3v) is 11.7. The van der Waals surface area contributed by atoms with Gasteiger partial charge in [0.25, 0.3) is 0 Å². The Hall–Kier alpha value is -4.46. The number of nitrogen functional groups attached to an aromatic ring is 2. The third kappa shape index (κ3) is 6.14. The summed E-state index contributed by atoms with van der Waals surface area (Å²) in [4.78, 5) is 16.7. The number of nitrogens with two attached hydrogens (primary N) is 2. The number of aliphatic hydroxyl groups is 2. The van der Waals surface area contributed by atoms with Crippen molar-refractivity contribution in [3.8, 4) is 0 Å². The van der Waals surface area contributed by atoms with Crippen LogP contribution in [0.1, 0.15) is 60.8 Å². The number of halogens is 2. The van der Waals surface area contributed by atoms with Gasteiger partial charge >= 0.3 is 0 Å². The summed E-state index contributed by atoms with van der Waals surface area (Å²) in [6, 6.07) is 14.9. The van der Waals surface area contributed by atoms with E-state index in [-0.39, 0.29) is 24.4 Å². The molecule has 6 aromatic rings. The van der Waals surface area contributed by atoms with Gasteiger partial charge in [-0.1, -0.05) is 35.3 Å². The third-order valence-electron chi connectivity index (χ3n) is 11.2. The summed E-state index contributed by atoms with van der Waals surface area (Å²) in [7, 11) is 0. The summed E-state index contributed by atoms with van der Waals surface area (Å²) in [6.07, 6.45) is 0.416. The van der Waals surface area contributed by atoms with E-state index in [1.165, 1.54) is 12.7 Å². The second kappa shape index (κ2) is 13.8. The first-order valence-corrected chi connectivity index (χ1v) is 19.2. The van der Waals surface area contributed by atoms with E-state index in [2.05, 4.69) is 19.9 Å². The molecule has 5 aliphatic heterocycles. The van der Waals surface area contributed by atoms with Gasteiger partial charge in [-0.15, -0.1) is 0 Å². The molecule has 0 radical (unpaired) electrons. The minimum absolute atomic E-state index is 0.270. The predicted octanol–water partition coefficient (Wildman–Crippen LogP) is 4.91. The fourth-order valence-corrected chi connectivity index (χ4v) is 9.06. The Balaban J connectivity index is 0.000000140. The molecule has 296 valence electrons. The average Bonchev–Trinajstić information content (AvgIpc) is 4.05. The fraction of sp³-hybridized carbons (Fsp3) is 0.385. The molecule has 0 unspecified atom stereocenters. The Labute approximate surface area is 335 Å². The lowest BCUT2D eigenvalue weighted by molar-refractivity contribution is -0.210. The summed E-state index contributed by atoms with van der Waals surface area (Å²) in [5, 5.41) is 24.0. The van der Waals surface area contributed by atoms with Gasteiger partial charge in [0.05, 0.1) is 24.0 Å². The first kappa shape index (κ1) is 36.9. The number of ether oxygens (including phenoxy) is 6. The Bertz CT molecular complexity index is 2520. The highest BCUT2D eigenvalue weighted by Gasteiger charge is 2.59. The van der Waals surface area contributed by atoms with Crippen LogP contribution in [-0.4, -0.2) is 81.7 Å². The molecule has 0 saturated carbocycles. The van der Waals surface area contributed by atoms with Crippen molar-refractivity contribution in [1.29, 1.82) is 0 Å². The number of nitrogens with zero attached hydrogens (tertiary/aromatic N) is 6. The van der Waals surface area contributed by atoms with Gasteiger partial charge in [0, 0.05) is 22.4 Å². The standard InChI is InChI=1S/C21H21ClN4O4.C18H17ClN4O4/c1-21(2)29-16-15(14-12-4-3-11(22)7-10(12)8-27-14)28-20(17(16)30-21)26-6-5-13-18(23)24-9-25-19(13)26;19-9-1-2-10-8(5-9)6-26-14(10)15-12(24)13(25)18(27-15)23-4-3-11-16(20)21-7-22-17(11)23/h3-7,9,14-17,20H,8H2,1-2H3,(H2,23,24,25);1-5,7,12-15,18,24-25H,6H2,(H2,20,21,22)/t14-,15+,16+,17+,20+;12-,13+,14-,15-,18+/m00/s1. The highest BCUT2D eigenvalue weighted by atomic mass is 35.5. The van der Waals surface area contributed by atoms with Crippen molar-refractivity contribution >= 4 is 56.9 Å². The molecule has 3 fully saturated rings. The summed E-state index contributed by atoms with van der Waals surface area (Å²) in [6.45, 7) is 4.69.